The first-order valence-corrected chi connectivity index (χ1v) is 6.94. The summed E-state index contributed by atoms with van der Waals surface area (Å²) >= 11 is 7.88. The lowest BCUT2D eigenvalue weighted by atomic mass is 10.2. The monoisotopic (exact) mass is 278 g/mol. The van der Waals surface area contributed by atoms with Gasteiger partial charge < -0.3 is 5.11 Å². The number of rotatable bonds is 3. The molecule has 0 saturated carbocycles. The van der Waals surface area contributed by atoms with Gasteiger partial charge in [0.1, 0.15) is 0 Å². The van der Waals surface area contributed by atoms with Gasteiger partial charge in [0, 0.05) is 9.79 Å². The molecule has 0 heterocycles. The predicted octanol–water partition coefficient (Wildman–Crippen LogP) is 4.60. The van der Waals surface area contributed by atoms with E-state index in [1.54, 1.807) is 11.8 Å². The van der Waals surface area contributed by atoms with Gasteiger partial charge in [0.05, 0.1) is 11.6 Å². The Bertz CT molecular complexity index is 566. The third-order valence-corrected chi connectivity index (χ3v) is 4.40. The third kappa shape index (κ3) is 3.08. The SMILES string of the molecule is Cc1ccc(C)c(Sc2ccc(CO)cc2Cl)c1. The fourth-order valence-electron chi connectivity index (χ4n) is 1.66. The minimum atomic E-state index is 0.0220. The van der Waals surface area contributed by atoms with E-state index in [1.807, 2.05) is 18.2 Å². The predicted molar refractivity (Wildman–Crippen MR) is 77.4 cm³/mol. The maximum Gasteiger partial charge on any atom is 0.0682 e. The Morgan fingerprint density at radius 1 is 1.06 bits per heavy atom. The first-order valence-electron chi connectivity index (χ1n) is 5.74. The van der Waals surface area contributed by atoms with E-state index in [-0.39, 0.29) is 6.61 Å². The van der Waals surface area contributed by atoms with Crippen LogP contribution in [-0.2, 0) is 6.61 Å². The van der Waals surface area contributed by atoms with E-state index in [2.05, 4.69) is 32.0 Å². The smallest absolute Gasteiger partial charge is 0.0682 e. The van der Waals surface area contributed by atoms with Crippen LogP contribution in [0.4, 0.5) is 0 Å². The molecule has 2 rings (SSSR count). The molecular weight excluding hydrogens is 264 g/mol. The highest BCUT2D eigenvalue weighted by Crippen LogP contribution is 2.35. The van der Waals surface area contributed by atoms with Gasteiger partial charge in [-0.25, -0.2) is 0 Å². The lowest BCUT2D eigenvalue weighted by Gasteiger charge is -2.09. The van der Waals surface area contributed by atoms with Crippen molar-refractivity contribution < 1.29 is 5.11 Å². The number of aryl methyl sites for hydroxylation is 2. The molecule has 0 unspecified atom stereocenters. The highest BCUT2D eigenvalue weighted by molar-refractivity contribution is 7.99. The van der Waals surface area contributed by atoms with Gasteiger partial charge in [0.15, 0.2) is 0 Å². The molecule has 0 aliphatic carbocycles. The fourth-order valence-corrected chi connectivity index (χ4v) is 2.98. The number of hydrogen-bond donors (Lipinski definition) is 1. The summed E-state index contributed by atoms with van der Waals surface area (Å²) in [5.41, 5.74) is 3.32. The van der Waals surface area contributed by atoms with Gasteiger partial charge in [0.2, 0.25) is 0 Å². The summed E-state index contributed by atoms with van der Waals surface area (Å²) in [7, 11) is 0. The lowest BCUT2D eigenvalue weighted by Crippen LogP contribution is -1.86. The fraction of sp³-hybridized carbons (Fsp3) is 0.200. The minimum Gasteiger partial charge on any atom is -0.392 e. The largest absolute Gasteiger partial charge is 0.392 e. The average Bonchev–Trinajstić information content (AvgIpc) is 2.36. The van der Waals surface area contributed by atoms with Crippen LogP contribution < -0.4 is 0 Å². The van der Waals surface area contributed by atoms with Gasteiger partial charge in [0.25, 0.3) is 0 Å². The van der Waals surface area contributed by atoms with Crippen LogP contribution in [0.1, 0.15) is 16.7 Å². The first-order chi connectivity index (χ1) is 8.60. The second-order valence-electron chi connectivity index (χ2n) is 4.29. The highest BCUT2D eigenvalue weighted by Gasteiger charge is 2.06. The van der Waals surface area contributed by atoms with Crippen molar-refractivity contribution in [2.45, 2.75) is 30.2 Å². The van der Waals surface area contributed by atoms with E-state index in [0.29, 0.717) is 5.02 Å². The van der Waals surface area contributed by atoms with Crippen molar-refractivity contribution in [1.82, 2.24) is 0 Å². The molecule has 0 aliphatic rings. The van der Waals surface area contributed by atoms with E-state index in [4.69, 9.17) is 16.7 Å². The molecule has 1 nitrogen and oxygen atoms in total. The zero-order valence-corrected chi connectivity index (χ0v) is 12.0. The van der Waals surface area contributed by atoms with Crippen molar-refractivity contribution in [3.05, 3.63) is 58.1 Å². The Kier molecular flexibility index (Phi) is 4.33. The highest BCUT2D eigenvalue weighted by atomic mass is 35.5. The van der Waals surface area contributed by atoms with Crippen molar-refractivity contribution in [2.24, 2.45) is 0 Å². The van der Waals surface area contributed by atoms with Gasteiger partial charge in [-0.15, -0.1) is 0 Å². The van der Waals surface area contributed by atoms with Gasteiger partial charge in [-0.3, -0.25) is 0 Å². The van der Waals surface area contributed by atoms with Crippen molar-refractivity contribution in [3.63, 3.8) is 0 Å². The van der Waals surface area contributed by atoms with Crippen LogP contribution in [0, 0.1) is 13.8 Å². The van der Waals surface area contributed by atoms with Crippen LogP contribution in [0.3, 0.4) is 0 Å². The zero-order valence-electron chi connectivity index (χ0n) is 10.4. The van der Waals surface area contributed by atoms with E-state index in [1.165, 1.54) is 16.0 Å². The molecule has 2 aromatic rings. The van der Waals surface area contributed by atoms with E-state index < -0.39 is 0 Å². The number of aliphatic hydroxyl groups is 1. The van der Waals surface area contributed by atoms with Crippen molar-refractivity contribution in [3.8, 4) is 0 Å². The molecule has 0 aromatic heterocycles. The van der Waals surface area contributed by atoms with Gasteiger partial charge in [-0.2, -0.15) is 0 Å². The van der Waals surface area contributed by atoms with Gasteiger partial charge in [-0.1, -0.05) is 41.6 Å². The molecule has 0 saturated heterocycles. The Labute approximate surface area is 117 Å². The molecule has 0 radical (unpaired) electrons. The maximum atomic E-state index is 9.06. The second kappa shape index (κ2) is 5.79. The molecule has 0 amide bonds. The maximum absolute atomic E-state index is 9.06. The van der Waals surface area contributed by atoms with Crippen molar-refractivity contribution in [1.29, 1.82) is 0 Å². The molecule has 94 valence electrons. The molecule has 0 bridgehead atoms. The summed E-state index contributed by atoms with van der Waals surface area (Å²) in [5, 5.41) is 9.75. The Morgan fingerprint density at radius 3 is 2.50 bits per heavy atom. The van der Waals surface area contributed by atoms with Gasteiger partial charge >= 0.3 is 0 Å². The summed E-state index contributed by atoms with van der Waals surface area (Å²) in [4.78, 5) is 2.23. The summed E-state index contributed by atoms with van der Waals surface area (Å²) in [6, 6.07) is 12.1. The van der Waals surface area contributed by atoms with E-state index in [0.717, 1.165) is 10.5 Å². The van der Waals surface area contributed by atoms with Crippen LogP contribution in [0.25, 0.3) is 0 Å². The van der Waals surface area contributed by atoms with Crippen molar-refractivity contribution in [2.75, 3.05) is 0 Å². The van der Waals surface area contributed by atoms with Crippen LogP contribution >= 0.6 is 23.4 Å². The third-order valence-electron chi connectivity index (χ3n) is 2.74. The van der Waals surface area contributed by atoms with Crippen LogP contribution in [0.15, 0.2) is 46.2 Å². The second-order valence-corrected chi connectivity index (χ2v) is 5.78. The number of halogens is 1. The van der Waals surface area contributed by atoms with E-state index >= 15 is 0 Å². The molecule has 0 aliphatic heterocycles. The van der Waals surface area contributed by atoms with E-state index in [9.17, 15) is 0 Å². The molecule has 18 heavy (non-hydrogen) atoms. The van der Waals surface area contributed by atoms with Crippen molar-refractivity contribution >= 4 is 23.4 Å². The number of benzene rings is 2. The van der Waals surface area contributed by atoms with Crippen LogP contribution in [0.2, 0.25) is 5.02 Å². The van der Waals surface area contributed by atoms with Gasteiger partial charge in [-0.05, 0) is 48.7 Å². The normalized spacial score (nSPS) is 10.7. The Hall–Kier alpha value is -0.960. The molecule has 0 atom stereocenters. The number of hydrogen-bond acceptors (Lipinski definition) is 2. The summed E-state index contributed by atoms with van der Waals surface area (Å²) in [6.45, 7) is 4.20. The molecular formula is C15H15ClOS. The quantitative estimate of drug-likeness (QED) is 0.885. The topological polar surface area (TPSA) is 20.2 Å². The summed E-state index contributed by atoms with van der Waals surface area (Å²) in [5.74, 6) is 0. The summed E-state index contributed by atoms with van der Waals surface area (Å²) in [6.07, 6.45) is 0. The molecule has 0 fully saturated rings. The molecule has 2 aromatic carbocycles. The standard InChI is InChI=1S/C15H15ClOS/c1-10-3-4-11(2)15(7-10)18-14-6-5-12(9-17)8-13(14)16/h3-8,17H,9H2,1-2H3. The molecule has 1 N–H and O–H groups in total. The average molecular weight is 279 g/mol. The lowest BCUT2D eigenvalue weighted by molar-refractivity contribution is 0.282. The number of aliphatic hydroxyl groups excluding tert-OH is 1. The Balaban J connectivity index is 2.31. The Morgan fingerprint density at radius 2 is 1.83 bits per heavy atom. The van der Waals surface area contributed by atoms with Crippen LogP contribution in [0.5, 0.6) is 0 Å². The van der Waals surface area contributed by atoms with Crippen LogP contribution in [-0.4, -0.2) is 5.11 Å². The molecule has 3 heteroatoms. The minimum absolute atomic E-state index is 0.0220. The molecule has 0 spiro atoms. The summed E-state index contributed by atoms with van der Waals surface area (Å²) < 4.78 is 0. The zero-order chi connectivity index (χ0) is 13.1. The first kappa shape index (κ1) is 13.5.